The Bertz CT molecular complexity index is 745. The van der Waals surface area contributed by atoms with Gasteiger partial charge in [0.2, 0.25) is 0 Å². The highest BCUT2D eigenvalue weighted by Gasteiger charge is 2.30. The number of anilines is 1. The lowest BCUT2D eigenvalue weighted by Gasteiger charge is -2.32. The minimum Gasteiger partial charge on any atom is -0.478 e. The van der Waals surface area contributed by atoms with E-state index in [1.165, 1.54) is 5.39 Å². The van der Waals surface area contributed by atoms with Crippen LogP contribution in [0.15, 0.2) is 35.7 Å². The molecule has 0 amide bonds. The van der Waals surface area contributed by atoms with Gasteiger partial charge in [0, 0.05) is 48.4 Å². The van der Waals surface area contributed by atoms with Crippen molar-refractivity contribution in [3.05, 3.63) is 30.7 Å². The second kappa shape index (κ2) is 6.38. The summed E-state index contributed by atoms with van der Waals surface area (Å²) < 4.78 is 5.89. The van der Waals surface area contributed by atoms with E-state index in [9.17, 15) is 0 Å². The molecule has 0 bridgehead atoms. The molecule has 0 saturated carbocycles. The van der Waals surface area contributed by atoms with Gasteiger partial charge in [0.15, 0.2) is 5.90 Å². The van der Waals surface area contributed by atoms with Gasteiger partial charge in [-0.05, 0) is 30.9 Å². The van der Waals surface area contributed by atoms with Crippen LogP contribution in [-0.4, -0.2) is 41.6 Å². The van der Waals surface area contributed by atoms with Gasteiger partial charge in [0.1, 0.15) is 12.4 Å². The predicted molar refractivity (Wildman–Crippen MR) is 96.5 cm³/mol. The van der Waals surface area contributed by atoms with Crippen molar-refractivity contribution in [2.75, 3.05) is 24.6 Å². The summed E-state index contributed by atoms with van der Waals surface area (Å²) in [6.07, 6.45) is 7.77. The molecule has 1 fully saturated rings. The van der Waals surface area contributed by atoms with Crippen LogP contribution in [-0.2, 0) is 4.74 Å². The number of rotatable bonds is 3. The molecule has 1 atom stereocenters. The number of piperidine rings is 1. The van der Waals surface area contributed by atoms with Crippen LogP contribution in [0.3, 0.4) is 0 Å². The van der Waals surface area contributed by atoms with Crippen molar-refractivity contribution in [1.82, 2.24) is 9.97 Å². The van der Waals surface area contributed by atoms with Crippen molar-refractivity contribution < 1.29 is 4.74 Å². The second-order valence-electron chi connectivity index (χ2n) is 7.08. The van der Waals surface area contributed by atoms with E-state index in [0.29, 0.717) is 17.9 Å². The zero-order valence-corrected chi connectivity index (χ0v) is 14.4. The Morgan fingerprint density at radius 1 is 1.17 bits per heavy atom. The minimum absolute atomic E-state index is 0.338. The maximum Gasteiger partial charge on any atom is 0.187 e. The summed E-state index contributed by atoms with van der Waals surface area (Å²) in [7, 11) is 0. The van der Waals surface area contributed by atoms with Gasteiger partial charge >= 0.3 is 0 Å². The topological polar surface area (TPSA) is 50.6 Å². The molecule has 0 radical (unpaired) electrons. The molecule has 4 rings (SSSR count). The maximum atomic E-state index is 5.89. The molecule has 0 aliphatic carbocycles. The lowest BCUT2D eigenvalue weighted by Crippen LogP contribution is -2.37. The molecule has 0 aromatic carbocycles. The molecule has 4 heterocycles. The standard InChI is InChI=1S/C19H24N4O/c1-13(2)17-12-24-19(22-17)14-5-9-23(10-6-14)18-16-4-7-20-11-15(16)3-8-21-18/h3-4,7-8,11,13-14,17H,5-6,9-10,12H2,1-2H3/t17-/m0/s1. The van der Waals surface area contributed by atoms with Crippen molar-refractivity contribution in [2.24, 2.45) is 16.8 Å². The molecular formula is C19H24N4O. The van der Waals surface area contributed by atoms with Crippen molar-refractivity contribution in [2.45, 2.75) is 32.7 Å². The summed E-state index contributed by atoms with van der Waals surface area (Å²) in [6, 6.07) is 4.41. The first-order valence-corrected chi connectivity index (χ1v) is 8.86. The van der Waals surface area contributed by atoms with Crippen molar-refractivity contribution in [3.8, 4) is 0 Å². The zero-order chi connectivity index (χ0) is 16.5. The van der Waals surface area contributed by atoms with Gasteiger partial charge in [-0.3, -0.25) is 4.98 Å². The van der Waals surface area contributed by atoms with E-state index in [1.807, 2.05) is 24.7 Å². The Labute approximate surface area is 142 Å². The van der Waals surface area contributed by atoms with E-state index >= 15 is 0 Å². The van der Waals surface area contributed by atoms with Crippen molar-refractivity contribution >= 4 is 22.5 Å². The molecule has 5 nitrogen and oxygen atoms in total. The van der Waals surface area contributed by atoms with Gasteiger partial charge in [0.05, 0.1) is 6.04 Å². The summed E-state index contributed by atoms with van der Waals surface area (Å²) in [5.74, 6) is 3.07. The summed E-state index contributed by atoms with van der Waals surface area (Å²) in [5.41, 5.74) is 0. The fourth-order valence-electron chi connectivity index (χ4n) is 3.56. The fourth-order valence-corrected chi connectivity index (χ4v) is 3.56. The third-order valence-corrected chi connectivity index (χ3v) is 5.15. The highest BCUT2D eigenvalue weighted by molar-refractivity contribution is 5.91. The van der Waals surface area contributed by atoms with Crippen LogP contribution in [0.4, 0.5) is 5.82 Å². The number of pyridine rings is 2. The number of hydrogen-bond acceptors (Lipinski definition) is 5. The first kappa shape index (κ1) is 15.4. The predicted octanol–water partition coefficient (Wildman–Crippen LogP) is 3.30. The van der Waals surface area contributed by atoms with E-state index < -0.39 is 0 Å². The van der Waals surface area contributed by atoms with Gasteiger partial charge in [-0.1, -0.05) is 13.8 Å². The Morgan fingerprint density at radius 2 is 2.00 bits per heavy atom. The average molecular weight is 324 g/mol. The fraction of sp³-hybridized carbons (Fsp3) is 0.526. The monoisotopic (exact) mass is 324 g/mol. The van der Waals surface area contributed by atoms with E-state index in [2.05, 4.69) is 34.8 Å². The quantitative estimate of drug-likeness (QED) is 0.869. The third kappa shape index (κ3) is 2.83. The van der Waals surface area contributed by atoms with Crippen LogP contribution in [0.25, 0.3) is 10.8 Å². The third-order valence-electron chi connectivity index (χ3n) is 5.15. The molecule has 2 aliphatic heterocycles. The number of fused-ring (bicyclic) bond motifs is 1. The van der Waals surface area contributed by atoms with Crippen LogP contribution in [0.5, 0.6) is 0 Å². The van der Waals surface area contributed by atoms with Crippen molar-refractivity contribution in [1.29, 1.82) is 0 Å². The molecule has 0 spiro atoms. The number of hydrogen-bond donors (Lipinski definition) is 0. The molecular weight excluding hydrogens is 300 g/mol. The van der Waals surface area contributed by atoms with Crippen LogP contribution < -0.4 is 4.90 Å². The Kier molecular flexibility index (Phi) is 4.08. The lowest BCUT2D eigenvalue weighted by atomic mass is 9.96. The number of ether oxygens (including phenoxy) is 1. The Morgan fingerprint density at radius 3 is 2.75 bits per heavy atom. The van der Waals surface area contributed by atoms with E-state index in [1.54, 1.807) is 0 Å². The molecule has 2 aromatic heterocycles. The van der Waals surface area contributed by atoms with E-state index in [-0.39, 0.29) is 0 Å². The van der Waals surface area contributed by atoms with Crippen LogP contribution in [0.1, 0.15) is 26.7 Å². The molecule has 2 aliphatic rings. The molecule has 2 aromatic rings. The zero-order valence-electron chi connectivity index (χ0n) is 14.4. The van der Waals surface area contributed by atoms with Gasteiger partial charge in [-0.25, -0.2) is 9.98 Å². The molecule has 0 N–H and O–H groups in total. The molecule has 24 heavy (non-hydrogen) atoms. The van der Waals surface area contributed by atoms with E-state index in [4.69, 9.17) is 9.73 Å². The van der Waals surface area contributed by atoms with Crippen LogP contribution in [0, 0.1) is 11.8 Å². The lowest BCUT2D eigenvalue weighted by molar-refractivity contribution is 0.270. The number of aromatic nitrogens is 2. The summed E-state index contributed by atoms with van der Waals surface area (Å²) in [6.45, 7) is 7.17. The van der Waals surface area contributed by atoms with Gasteiger partial charge in [-0.2, -0.15) is 0 Å². The second-order valence-corrected chi connectivity index (χ2v) is 7.08. The van der Waals surface area contributed by atoms with Gasteiger partial charge in [-0.15, -0.1) is 0 Å². The summed E-state index contributed by atoms with van der Waals surface area (Å²) >= 11 is 0. The van der Waals surface area contributed by atoms with E-state index in [0.717, 1.165) is 49.6 Å². The SMILES string of the molecule is CC(C)[C@@H]1COC(C2CCN(c3nccc4cnccc34)CC2)=N1. The van der Waals surface area contributed by atoms with Gasteiger partial charge in [0.25, 0.3) is 0 Å². The smallest absolute Gasteiger partial charge is 0.187 e. The molecule has 5 heteroatoms. The van der Waals surface area contributed by atoms with Crippen molar-refractivity contribution in [3.63, 3.8) is 0 Å². The first-order chi connectivity index (χ1) is 11.7. The first-order valence-electron chi connectivity index (χ1n) is 8.86. The van der Waals surface area contributed by atoms with Crippen LogP contribution in [0.2, 0.25) is 0 Å². The number of nitrogens with zero attached hydrogens (tertiary/aromatic N) is 4. The van der Waals surface area contributed by atoms with Crippen LogP contribution >= 0.6 is 0 Å². The minimum atomic E-state index is 0.338. The Hall–Kier alpha value is -2.17. The summed E-state index contributed by atoms with van der Waals surface area (Å²) in [4.78, 5) is 16.0. The Balaban J connectivity index is 1.47. The average Bonchev–Trinajstić information content (AvgIpc) is 3.12. The maximum absolute atomic E-state index is 5.89. The number of aliphatic imine (C=N–C) groups is 1. The largest absolute Gasteiger partial charge is 0.478 e. The van der Waals surface area contributed by atoms with Gasteiger partial charge < -0.3 is 9.64 Å². The highest BCUT2D eigenvalue weighted by atomic mass is 16.5. The summed E-state index contributed by atoms with van der Waals surface area (Å²) in [5, 5.41) is 2.33. The molecule has 126 valence electrons. The molecule has 1 saturated heterocycles. The normalized spacial score (nSPS) is 22.0. The highest BCUT2D eigenvalue weighted by Crippen LogP contribution is 2.30. The molecule has 0 unspecified atom stereocenters.